The number of amides is 2. The molecule has 2 aliphatic heterocycles. The van der Waals surface area contributed by atoms with Gasteiger partial charge in [0.1, 0.15) is 0 Å². The van der Waals surface area contributed by atoms with Crippen molar-refractivity contribution >= 4 is 47.4 Å². The SMILES string of the molecule is CCOP(=O)(OCC)c1ccc2c(c1)C(=C(Nc1ccc(CCN3CCC(C(=O)N(C)C)CC3)cc1)c1ccccc1)C(=O)N2. The number of nitrogens with zero attached hydrogens (tertiary/aromatic N) is 2. The van der Waals surface area contributed by atoms with Gasteiger partial charge in [-0.3, -0.25) is 14.2 Å². The van der Waals surface area contributed by atoms with Crippen LogP contribution < -0.4 is 15.9 Å². The first kappa shape index (κ1) is 32.6. The van der Waals surface area contributed by atoms with E-state index in [1.54, 1.807) is 36.9 Å². The summed E-state index contributed by atoms with van der Waals surface area (Å²) in [6.45, 7) is 6.84. The number of carbonyl (C=O) groups is 2. The lowest BCUT2D eigenvalue weighted by molar-refractivity contribution is -0.134. The Bertz CT molecular complexity index is 1570. The van der Waals surface area contributed by atoms with Crippen LogP contribution in [0.15, 0.2) is 72.8 Å². The van der Waals surface area contributed by atoms with Crippen molar-refractivity contribution < 1.29 is 23.2 Å². The highest BCUT2D eigenvalue weighted by Crippen LogP contribution is 2.48. The third-order valence-electron chi connectivity index (χ3n) is 8.29. The van der Waals surface area contributed by atoms with E-state index >= 15 is 0 Å². The van der Waals surface area contributed by atoms with Crippen LogP contribution in [0.3, 0.4) is 0 Å². The number of nitrogens with one attached hydrogen (secondary N) is 2. The van der Waals surface area contributed by atoms with E-state index in [2.05, 4.69) is 27.7 Å². The molecule has 1 saturated heterocycles. The third kappa shape index (κ3) is 7.56. The topological polar surface area (TPSA) is 100 Å². The first-order valence-electron chi connectivity index (χ1n) is 15.7. The molecule has 45 heavy (non-hydrogen) atoms. The van der Waals surface area contributed by atoms with Crippen LogP contribution in [0, 0.1) is 5.92 Å². The molecular formula is C35H43N4O5P. The van der Waals surface area contributed by atoms with Crippen LogP contribution in [0.5, 0.6) is 0 Å². The molecule has 2 aliphatic rings. The van der Waals surface area contributed by atoms with Gasteiger partial charge in [0.05, 0.1) is 29.8 Å². The van der Waals surface area contributed by atoms with E-state index < -0.39 is 7.60 Å². The summed E-state index contributed by atoms with van der Waals surface area (Å²) in [6.07, 6.45) is 2.73. The molecule has 3 aromatic carbocycles. The lowest BCUT2D eigenvalue weighted by Gasteiger charge is -2.32. The molecule has 1 fully saturated rings. The Morgan fingerprint density at radius 1 is 0.978 bits per heavy atom. The van der Waals surface area contributed by atoms with Crippen LogP contribution in [-0.2, 0) is 29.6 Å². The zero-order valence-electron chi connectivity index (χ0n) is 26.5. The van der Waals surface area contributed by atoms with E-state index in [9.17, 15) is 14.2 Å². The van der Waals surface area contributed by atoms with Gasteiger partial charge >= 0.3 is 7.60 Å². The Labute approximate surface area is 266 Å². The summed E-state index contributed by atoms with van der Waals surface area (Å²) in [6, 6.07) is 23.2. The third-order valence-corrected chi connectivity index (χ3v) is 10.4. The number of piperidine rings is 1. The largest absolute Gasteiger partial charge is 0.361 e. The Morgan fingerprint density at radius 3 is 2.27 bits per heavy atom. The smallest absolute Gasteiger partial charge is 0.354 e. The van der Waals surface area contributed by atoms with E-state index in [1.165, 1.54) is 5.56 Å². The van der Waals surface area contributed by atoms with E-state index in [0.717, 1.165) is 50.1 Å². The number of carbonyl (C=O) groups excluding carboxylic acids is 2. The second-order valence-corrected chi connectivity index (χ2v) is 13.6. The Balaban J connectivity index is 1.36. The first-order chi connectivity index (χ1) is 21.7. The molecule has 238 valence electrons. The predicted molar refractivity (Wildman–Crippen MR) is 180 cm³/mol. The highest BCUT2D eigenvalue weighted by atomic mass is 31.2. The molecular weight excluding hydrogens is 587 g/mol. The van der Waals surface area contributed by atoms with Crippen LogP contribution in [0.4, 0.5) is 11.4 Å². The number of likely N-dealkylation sites (tertiary alicyclic amines) is 1. The zero-order valence-corrected chi connectivity index (χ0v) is 27.4. The lowest BCUT2D eigenvalue weighted by Crippen LogP contribution is -2.40. The minimum absolute atomic E-state index is 0.133. The summed E-state index contributed by atoms with van der Waals surface area (Å²) in [5, 5.41) is 6.89. The first-order valence-corrected chi connectivity index (χ1v) is 17.2. The monoisotopic (exact) mass is 630 g/mol. The molecule has 10 heteroatoms. The molecule has 0 spiro atoms. The molecule has 0 atom stereocenters. The van der Waals surface area contributed by atoms with Gasteiger partial charge in [0.25, 0.3) is 5.91 Å². The molecule has 2 N–H and O–H groups in total. The fourth-order valence-electron chi connectivity index (χ4n) is 5.94. The van der Waals surface area contributed by atoms with Gasteiger partial charge in [-0.2, -0.15) is 0 Å². The molecule has 3 aromatic rings. The van der Waals surface area contributed by atoms with Crippen molar-refractivity contribution in [3.05, 3.63) is 89.5 Å². The predicted octanol–water partition coefficient (Wildman–Crippen LogP) is 5.85. The van der Waals surface area contributed by atoms with Crippen LogP contribution in [-0.4, -0.2) is 68.6 Å². The summed E-state index contributed by atoms with van der Waals surface area (Å²) in [5.74, 6) is 0.121. The van der Waals surface area contributed by atoms with Crippen LogP contribution >= 0.6 is 7.60 Å². The summed E-state index contributed by atoms with van der Waals surface area (Å²) in [5.41, 5.74) is 5.29. The molecule has 9 nitrogen and oxygen atoms in total. The van der Waals surface area contributed by atoms with Crippen molar-refractivity contribution in [2.45, 2.75) is 33.1 Å². The van der Waals surface area contributed by atoms with E-state index in [1.807, 2.05) is 56.6 Å². The Kier molecular flexibility index (Phi) is 10.6. The highest BCUT2D eigenvalue weighted by molar-refractivity contribution is 7.62. The zero-order chi connectivity index (χ0) is 32.0. The summed E-state index contributed by atoms with van der Waals surface area (Å²) < 4.78 is 24.8. The van der Waals surface area contributed by atoms with Crippen molar-refractivity contribution in [2.24, 2.45) is 5.92 Å². The standard InChI is InChI=1S/C35H43N4O5P/c1-5-43-45(42,44-6-2)29-16-17-31-30(24-29)32(34(40)37-31)33(26-10-8-7-9-11-26)36-28-14-12-25(13-15-28)18-21-39-22-19-27(20-23-39)35(41)38(3)4/h7-17,24,27,36H,5-6,18-23H2,1-4H3,(H,37,40). The van der Waals surface area contributed by atoms with Gasteiger partial charge in [0, 0.05) is 43.5 Å². The van der Waals surface area contributed by atoms with E-state index in [0.29, 0.717) is 27.8 Å². The van der Waals surface area contributed by atoms with E-state index in [4.69, 9.17) is 9.05 Å². The maximum atomic E-state index is 13.6. The highest BCUT2D eigenvalue weighted by Gasteiger charge is 2.33. The summed E-state index contributed by atoms with van der Waals surface area (Å²) >= 11 is 0. The molecule has 0 unspecified atom stereocenters. The molecule has 0 aliphatic carbocycles. The van der Waals surface area contributed by atoms with Gasteiger partial charge in [-0.15, -0.1) is 0 Å². The van der Waals surface area contributed by atoms with Crippen molar-refractivity contribution in [3.63, 3.8) is 0 Å². The molecule has 0 aromatic heterocycles. The van der Waals surface area contributed by atoms with Crippen molar-refractivity contribution in [2.75, 3.05) is 57.6 Å². The number of rotatable bonds is 12. The fourth-order valence-corrected chi connectivity index (χ4v) is 7.54. The molecule has 0 bridgehead atoms. The molecule has 0 radical (unpaired) electrons. The number of hydrogen-bond acceptors (Lipinski definition) is 7. The molecule has 2 heterocycles. The van der Waals surface area contributed by atoms with Gasteiger partial charge < -0.3 is 29.5 Å². The summed E-state index contributed by atoms with van der Waals surface area (Å²) in [4.78, 5) is 29.9. The number of anilines is 2. The summed E-state index contributed by atoms with van der Waals surface area (Å²) in [7, 11) is 0.102. The van der Waals surface area contributed by atoms with Crippen LogP contribution in [0.2, 0.25) is 0 Å². The van der Waals surface area contributed by atoms with Gasteiger partial charge in [-0.1, -0.05) is 42.5 Å². The minimum atomic E-state index is -3.56. The van der Waals surface area contributed by atoms with E-state index in [-0.39, 0.29) is 30.9 Å². The number of hydrogen-bond donors (Lipinski definition) is 2. The molecule has 2 amide bonds. The fraction of sp³-hybridized carbons (Fsp3) is 0.371. The van der Waals surface area contributed by atoms with Crippen molar-refractivity contribution in [1.82, 2.24) is 9.80 Å². The van der Waals surface area contributed by atoms with Gasteiger partial charge in [0.2, 0.25) is 5.91 Å². The van der Waals surface area contributed by atoms with Gasteiger partial charge in [-0.05, 0) is 87.7 Å². The van der Waals surface area contributed by atoms with Gasteiger partial charge in [0.15, 0.2) is 0 Å². The second-order valence-electron chi connectivity index (χ2n) is 11.6. The minimum Gasteiger partial charge on any atom is -0.354 e. The second kappa shape index (κ2) is 14.6. The Morgan fingerprint density at radius 2 is 1.64 bits per heavy atom. The number of benzene rings is 3. The Hall–Kier alpha value is -3.75. The van der Waals surface area contributed by atoms with Crippen LogP contribution in [0.25, 0.3) is 11.3 Å². The average molecular weight is 631 g/mol. The van der Waals surface area contributed by atoms with Crippen molar-refractivity contribution in [1.29, 1.82) is 0 Å². The molecule has 5 rings (SSSR count). The van der Waals surface area contributed by atoms with Crippen molar-refractivity contribution in [3.8, 4) is 0 Å². The maximum Gasteiger partial charge on any atom is 0.361 e. The van der Waals surface area contributed by atoms with Crippen LogP contribution in [0.1, 0.15) is 43.4 Å². The van der Waals surface area contributed by atoms with Gasteiger partial charge in [-0.25, -0.2) is 0 Å². The maximum absolute atomic E-state index is 13.6. The number of fused-ring (bicyclic) bond motifs is 1. The normalized spacial score (nSPS) is 16.7. The quantitative estimate of drug-likeness (QED) is 0.191. The molecule has 0 saturated carbocycles. The average Bonchev–Trinajstić information content (AvgIpc) is 3.38. The lowest BCUT2D eigenvalue weighted by atomic mass is 9.95.